The quantitative estimate of drug-likeness (QED) is 0.456. The van der Waals surface area contributed by atoms with Crippen molar-refractivity contribution in [3.05, 3.63) is 23.0 Å². The molecule has 2 saturated carbocycles. The van der Waals surface area contributed by atoms with E-state index in [0.717, 1.165) is 0 Å². The SMILES string of the molecule is CCn1nc(C(=O)NC[C@H]2CC[C@H](S(C)(=O)=O)CC2)c(Cl)c1-c1cnc(NC2CC2C(F)(F)F)cc1OC. The molecule has 2 aromatic rings. The van der Waals surface area contributed by atoms with Crippen molar-refractivity contribution in [3.8, 4) is 17.0 Å². The third kappa shape index (κ3) is 6.19. The van der Waals surface area contributed by atoms with E-state index in [1.165, 1.54) is 25.6 Å². The summed E-state index contributed by atoms with van der Waals surface area (Å²) in [6.07, 6.45) is 0.977. The number of carbonyl (C=O) groups excluding carboxylic acids is 1. The number of halogens is 4. The molecular formula is C24H31ClF3N5O4S. The molecule has 2 unspecified atom stereocenters. The third-order valence-electron chi connectivity index (χ3n) is 7.25. The zero-order chi connectivity index (χ0) is 27.8. The van der Waals surface area contributed by atoms with Crippen LogP contribution in [-0.2, 0) is 16.4 Å². The van der Waals surface area contributed by atoms with Crippen LogP contribution in [0.15, 0.2) is 12.3 Å². The summed E-state index contributed by atoms with van der Waals surface area (Å²) in [5, 5.41) is 9.80. The number of carbonyl (C=O) groups is 1. The first-order valence-corrected chi connectivity index (χ1v) is 14.8. The Morgan fingerprint density at radius 3 is 2.50 bits per heavy atom. The van der Waals surface area contributed by atoms with Crippen LogP contribution in [-0.4, -0.2) is 66.5 Å². The normalized spacial score (nSPS) is 23.7. The summed E-state index contributed by atoms with van der Waals surface area (Å²) in [6.45, 7) is 2.59. The molecule has 0 radical (unpaired) electrons. The first kappa shape index (κ1) is 28.5. The van der Waals surface area contributed by atoms with Crippen LogP contribution < -0.4 is 15.4 Å². The number of alkyl halides is 3. The summed E-state index contributed by atoms with van der Waals surface area (Å²) in [5.41, 5.74) is 0.880. The Bertz CT molecular complexity index is 1290. The van der Waals surface area contributed by atoms with E-state index in [9.17, 15) is 26.4 Å². The van der Waals surface area contributed by atoms with E-state index >= 15 is 0 Å². The first-order chi connectivity index (χ1) is 17.8. The Morgan fingerprint density at radius 2 is 1.95 bits per heavy atom. The van der Waals surface area contributed by atoms with Crippen LogP contribution >= 0.6 is 11.6 Å². The van der Waals surface area contributed by atoms with E-state index in [0.29, 0.717) is 55.8 Å². The number of nitrogens with one attached hydrogen (secondary N) is 2. The molecule has 2 aliphatic carbocycles. The van der Waals surface area contributed by atoms with Gasteiger partial charge < -0.3 is 15.4 Å². The molecule has 0 aliphatic heterocycles. The number of methoxy groups -OCH3 is 1. The maximum absolute atomic E-state index is 13.0. The summed E-state index contributed by atoms with van der Waals surface area (Å²) in [4.78, 5) is 17.2. The smallest absolute Gasteiger partial charge is 0.393 e. The van der Waals surface area contributed by atoms with E-state index in [4.69, 9.17) is 16.3 Å². The number of sulfone groups is 1. The number of aryl methyl sites for hydroxylation is 1. The van der Waals surface area contributed by atoms with Crippen LogP contribution in [0, 0.1) is 11.8 Å². The molecule has 4 rings (SSSR count). The van der Waals surface area contributed by atoms with Gasteiger partial charge in [-0.2, -0.15) is 18.3 Å². The van der Waals surface area contributed by atoms with Gasteiger partial charge in [-0.05, 0) is 44.9 Å². The fourth-order valence-corrected chi connectivity index (χ4v) is 6.38. The predicted molar refractivity (Wildman–Crippen MR) is 137 cm³/mol. The number of ether oxygens (including phenoxy) is 1. The standard InChI is InChI=1S/C24H31ClF3N5O4S/c1-4-33-22(15-12-29-19(10-18(15)37-2)31-17-9-16(17)24(26,27)28)20(25)21(32-33)23(34)30-11-13-5-7-14(8-6-13)38(3,35)36/h10,12-14,16-17H,4-9,11H2,1-3H3,(H,29,31)(H,30,34)/t13-,14-,16?,17?. The lowest BCUT2D eigenvalue weighted by molar-refractivity contribution is -0.147. The number of aromatic nitrogens is 3. The molecule has 2 N–H and O–H groups in total. The highest BCUT2D eigenvalue weighted by molar-refractivity contribution is 7.91. The highest BCUT2D eigenvalue weighted by Crippen LogP contribution is 2.46. The molecule has 2 atom stereocenters. The summed E-state index contributed by atoms with van der Waals surface area (Å²) in [7, 11) is -1.64. The number of amides is 1. The van der Waals surface area contributed by atoms with E-state index in [1.807, 2.05) is 6.92 Å². The van der Waals surface area contributed by atoms with E-state index in [1.54, 1.807) is 4.68 Å². The van der Waals surface area contributed by atoms with Gasteiger partial charge in [0.2, 0.25) is 0 Å². The van der Waals surface area contributed by atoms with Crippen molar-refractivity contribution in [2.24, 2.45) is 11.8 Å². The third-order valence-corrected chi connectivity index (χ3v) is 9.29. The van der Waals surface area contributed by atoms with Crippen molar-refractivity contribution in [1.82, 2.24) is 20.1 Å². The van der Waals surface area contributed by atoms with Crippen molar-refractivity contribution in [1.29, 1.82) is 0 Å². The Kier molecular flexibility index (Phi) is 8.17. The number of hydrogen-bond donors (Lipinski definition) is 2. The molecule has 0 aromatic carbocycles. The average Bonchev–Trinajstić information content (AvgIpc) is 3.57. The molecule has 2 aliphatic rings. The van der Waals surface area contributed by atoms with Gasteiger partial charge in [0.25, 0.3) is 5.91 Å². The van der Waals surface area contributed by atoms with Crippen LogP contribution in [0.5, 0.6) is 5.75 Å². The molecule has 9 nitrogen and oxygen atoms in total. The van der Waals surface area contributed by atoms with Gasteiger partial charge in [0.05, 0.1) is 34.6 Å². The highest BCUT2D eigenvalue weighted by atomic mass is 35.5. The minimum Gasteiger partial charge on any atom is -0.496 e. The average molecular weight is 578 g/mol. The Morgan fingerprint density at radius 1 is 1.26 bits per heavy atom. The summed E-state index contributed by atoms with van der Waals surface area (Å²) in [5.74, 6) is -1.13. The predicted octanol–water partition coefficient (Wildman–Crippen LogP) is 4.32. The van der Waals surface area contributed by atoms with E-state index in [2.05, 4.69) is 20.7 Å². The second kappa shape index (κ2) is 10.9. The summed E-state index contributed by atoms with van der Waals surface area (Å²) >= 11 is 6.63. The van der Waals surface area contributed by atoms with Gasteiger partial charge in [-0.3, -0.25) is 9.48 Å². The van der Waals surface area contributed by atoms with Crippen LogP contribution in [0.2, 0.25) is 5.02 Å². The maximum atomic E-state index is 13.0. The van der Waals surface area contributed by atoms with Gasteiger partial charge in [0.15, 0.2) is 5.69 Å². The molecule has 0 bridgehead atoms. The zero-order valence-corrected chi connectivity index (χ0v) is 22.9. The number of rotatable bonds is 9. The van der Waals surface area contributed by atoms with Crippen molar-refractivity contribution >= 4 is 33.2 Å². The molecule has 0 spiro atoms. The topological polar surface area (TPSA) is 115 Å². The first-order valence-electron chi connectivity index (χ1n) is 12.4. The van der Waals surface area contributed by atoms with Crippen LogP contribution in [0.3, 0.4) is 0 Å². The minimum atomic E-state index is -4.25. The molecule has 1 amide bonds. The number of anilines is 1. The highest BCUT2D eigenvalue weighted by Gasteiger charge is 2.56. The molecule has 38 heavy (non-hydrogen) atoms. The minimum absolute atomic E-state index is 0.0126. The molecule has 2 heterocycles. The second-order valence-corrected chi connectivity index (χ2v) is 12.6. The monoisotopic (exact) mass is 577 g/mol. The lowest BCUT2D eigenvalue weighted by atomic mass is 9.89. The largest absolute Gasteiger partial charge is 0.496 e. The van der Waals surface area contributed by atoms with E-state index < -0.39 is 33.9 Å². The Labute approximate surface area is 224 Å². The van der Waals surface area contributed by atoms with Crippen LogP contribution in [0.25, 0.3) is 11.3 Å². The number of hydrogen-bond acceptors (Lipinski definition) is 7. The maximum Gasteiger partial charge on any atom is 0.393 e. The van der Waals surface area contributed by atoms with Gasteiger partial charge in [-0.25, -0.2) is 13.4 Å². The molecule has 210 valence electrons. The molecule has 14 heteroatoms. The summed E-state index contributed by atoms with van der Waals surface area (Å²) < 4.78 is 69.2. The molecule has 2 aromatic heterocycles. The number of nitrogens with zero attached hydrogens (tertiary/aromatic N) is 3. The van der Waals surface area contributed by atoms with Crippen LogP contribution in [0.1, 0.15) is 49.5 Å². The second-order valence-electron chi connectivity index (χ2n) is 9.91. The summed E-state index contributed by atoms with van der Waals surface area (Å²) in [6, 6.07) is 0.760. The number of pyridine rings is 1. The molecular weight excluding hydrogens is 547 g/mol. The molecule has 2 fully saturated rings. The van der Waals surface area contributed by atoms with Gasteiger partial charge >= 0.3 is 6.18 Å². The van der Waals surface area contributed by atoms with E-state index in [-0.39, 0.29) is 34.1 Å². The van der Waals surface area contributed by atoms with Crippen molar-refractivity contribution in [2.75, 3.05) is 25.2 Å². The fourth-order valence-electron chi connectivity index (χ4n) is 4.92. The van der Waals surface area contributed by atoms with Crippen molar-refractivity contribution in [3.63, 3.8) is 0 Å². The van der Waals surface area contributed by atoms with Gasteiger partial charge in [-0.1, -0.05) is 11.6 Å². The molecule has 0 saturated heterocycles. The van der Waals surface area contributed by atoms with Gasteiger partial charge in [0.1, 0.15) is 21.4 Å². The zero-order valence-electron chi connectivity index (χ0n) is 21.3. The lowest BCUT2D eigenvalue weighted by Crippen LogP contribution is -2.34. The fraction of sp³-hybridized carbons (Fsp3) is 0.625. The van der Waals surface area contributed by atoms with Crippen LogP contribution in [0.4, 0.5) is 19.0 Å². The van der Waals surface area contributed by atoms with Crippen molar-refractivity contribution in [2.45, 2.75) is 63.0 Å². The van der Waals surface area contributed by atoms with Gasteiger partial charge in [-0.15, -0.1) is 0 Å². The Hall–Kier alpha value is -2.54. The van der Waals surface area contributed by atoms with Gasteiger partial charge in [0, 0.05) is 37.7 Å². The Balaban J connectivity index is 1.47. The van der Waals surface area contributed by atoms with Crippen molar-refractivity contribution < 1.29 is 31.1 Å². The lowest BCUT2D eigenvalue weighted by Gasteiger charge is -2.27.